The number of ether oxygens (including phenoxy) is 2. The molecule has 2 nitrogen and oxygen atoms in total. The van der Waals surface area contributed by atoms with Crippen LogP contribution in [-0.4, -0.2) is 25.4 Å². The topological polar surface area (TPSA) is 18.5 Å². The van der Waals surface area contributed by atoms with Gasteiger partial charge in [0.25, 0.3) is 0 Å². The lowest BCUT2D eigenvalue weighted by Gasteiger charge is -2.26. The van der Waals surface area contributed by atoms with Gasteiger partial charge in [0.05, 0.1) is 12.2 Å². The first-order valence-electron chi connectivity index (χ1n) is 6.10. The van der Waals surface area contributed by atoms with Crippen LogP contribution in [0.3, 0.4) is 0 Å². The van der Waals surface area contributed by atoms with Crippen LogP contribution in [0.15, 0.2) is 0 Å². The minimum atomic E-state index is 0.510. The van der Waals surface area contributed by atoms with Gasteiger partial charge in [-0.05, 0) is 37.5 Å². The fraction of sp³-hybridized carbons (Fsp3) is 1.00. The van der Waals surface area contributed by atoms with Crippen LogP contribution in [0.1, 0.15) is 39.5 Å². The van der Waals surface area contributed by atoms with Crippen LogP contribution in [0.2, 0.25) is 0 Å². The summed E-state index contributed by atoms with van der Waals surface area (Å²) in [5.41, 5.74) is 0. The summed E-state index contributed by atoms with van der Waals surface area (Å²) in [7, 11) is 0. The molecule has 4 unspecified atom stereocenters. The Kier molecular flexibility index (Phi) is 3.45. The molecule has 2 aliphatic rings. The lowest BCUT2D eigenvalue weighted by atomic mass is 9.81. The molecule has 0 aromatic rings. The van der Waals surface area contributed by atoms with Crippen molar-refractivity contribution in [1.29, 1.82) is 0 Å². The van der Waals surface area contributed by atoms with Crippen LogP contribution in [0, 0.1) is 11.8 Å². The molecule has 0 N–H and O–H groups in total. The monoisotopic (exact) mass is 198 g/mol. The van der Waals surface area contributed by atoms with Gasteiger partial charge in [-0.15, -0.1) is 0 Å². The molecule has 2 rings (SSSR count). The molecule has 0 radical (unpaired) electrons. The molecule has 2 heterocycles. The zero-order valence-electron chi connectivity index (χ0n) is 9.37. The Bertz CT molecular complexity index is 161. The molecule has 0 saturated carbocycles. The van der Waals surface area contributed by atoms with Gasteiger partial charge in [0.15, 0.2) is 0 Å². The van der Waals surface area contributed by atoms with E-state index in [2.05, 4.69) is 13.8 Å². The molecule has 2 fully saturated rings. The minimum Gasteiger partial charge on any atom is -0.378 e. The second-order valence-electron chi connectivity index (χ2n) is 4.54. The lowest BCUT2D eigenvalue weighted by molar-refractivity contribution is 0.0368. The van der Waals surface area contributed by atoms with E-state index in [1.165, 1.54) is 12.8 Å². The third kappa shape index (κ3) is 1.82. The van der Waals surface area contributed by atoms with Crippen molar-refractivity contribution >= 4 is 0 Å². The molecule has 0 spiro atoms. The molecular formula is C12H22O2. The Morgan fingerprint density at radius 2 is 1.29 bits per heavy atom. The number of hydrogen-bond acceptors (Lipinski definition) is 2. The zero-order valence-corrected chi connectivity index (χ0v) is 9.37. The molecule has 2 aliphatic heterocycles. The largest absolute Gasteiger partial charge is 0.378 e. The summed E-state index contributed by atoms with van der Waals surface area (Å²) in [6, 6.07) is 0. The summed E-state index contributed by atoms with van der Waals surface area (Å²) in [4.78, 5) is 0. The Balaban J connectivity index is 1.98. The van der Waals surface area contributed by atoms with E-state index >= 15 is 0 Å². The van der Waals surface area contributed by atoms with E-state index in [0.29, 0.717) is 12.2 Å². The Hall–Kier alpha value is -0.0800. The van der Waals surface area contributed by atoms with Gasteiger partial charge in [-0.2, -0.15) is 0 Å². The summed E-state index contributed by atoms with van der Waals surface area (Å²) in [6.07, 6.45) is 5.85. The molecule has 0 aromatic heterocycles. The molecule has 2 heteroatoms. The molecule has 0 bridgehead atoms. The van der Waals surface area contributed by atoms with Gasteiger partial charge < -0.3 is 9.47 Å². The average molecular weight is 198 g/mol. The van der Waals surface area contributed by atoms with E-state index in [1.54, 1.807) is 0 Å². The standard InChI is InChI=1S/C12H22O2/c1-3-11-9(5-7-13-11)10-6-8-14-12(10)4-2/h9-12H,3-8H2,1-2H3. The van der Waals surface area contributed by atoms with Crippen molar-refractivity contribution in [3.05, 3.63) is 0 Å². The second-order valence-corrected chi connectivity index (χ2v) is 4.54. The van der Waals surface area contributed by atoms with Gasteiger partial charge in [-0.3, -0.25) is 0 Å². The summed E-state index contributed by atoms with van der Waals surface area (Å²) in [5, 5.41) is 0. The zero-order chi connectivity index (χ0) is 9.97. The fourth-order valence-corrected chi connectivity index (χ4v) is 3.15. The molecule has 0 aliphatic carbocycles. The highest BCUT2D eigenvalue weighted by molar-refractivity contribution is 4.88. The van der Waals surface area contributed by atoms with Crippen molar-refractivity contribution in [3.63, 3.8) is 0 Å². The highest BCUT2D eigenvalue weighted by Gasteiger charge is 2.39. The van der Waals surface area contributed by atoms with Gasteiger partial charge in [0, 0.05) is 13.2 Å². The Labute approximate surface area is 87.0 Å². The van der Waals surface area contributed by atoms with Gasteiger partial charge in [-0.25, -0.2) is 0 Å². The highest BCUT2D eigenvalue weighted by atomic mass is 16.5. The van der Waals surface area contributed by atoms with E-state index in [-0.39, 0.29) is 0 Å². The summed E-state index contributed by atoms with van der Waals surface area (Å²) in [6.45, 7) is 6.41. The molecule has 82 valence electrons. The van der Waals surface area contributed by atoms with Crippen molar-refractivity contribution in [2.75, 3.05) is 13.2 Å². The fourth-order valence-electron chi connectivity index (χ4n) is 3.15. The molecule has 0 amide bonds. The Morgan fingerprint density at radius 1 is 0.857 bits per heavy atom. The minimum absolute atomic E-state index is 0.510. The maximum atomic E-state index is 5.76. The predicted molar refractivity (Wildman–Crippen MR) is 56.3 cm³/mol. The summed E-state index contributed by atoms with van der Waals surface area (Å²) in [5.74, 6) is 1.54. The average Bonchev–Trinajstić information content (AvgIpc) is 2.85. The van der Waals surface area contributed by atoms with Gasteiger partial charge in [0.1, 0.15) is 0 Å². The molecule has 14 heavy (non-hydrogen) atoms. The smallest absolute Gasteiger partial charge is 0.0605 e. The molecule has 0 aromatic carbocycles. The van der Waals surface area contributed by atoms with Crippen LogP contribution in [0.25, 0.3) is 0 Å². The number of hydrogen-bond donors (Lipinski definition) is 0. The first-order valence-corrected chi connectivity index (χ1v) is 6.10. The molecular weight excluding hydrogens is 176 g/mol. The van der Waals surface area contributed by atoms with E-state index in [0.717, 1.165) is 37.9 Å². The Morgan fingerprint density at radius 3 is 1.64 bits per heavy atom. The first kappa shape index (κ1) is 10.4. The highest BCUT2D eigenvalue weighted by Crippen LogP contribution is 2.38. The van der Waals surface area contributed by atoms with Crippen molar-refractivity contribution in [3.8, 4) is 0 Å². The van der Waals surface area contributed by atoms with Crippen LogP contribution in [0.5, 0.6) is 0 Å². The van der Waals surface area contributed by atoms with Gasteiger partial charge in [0.2, 0.25) is 0 Å². The van der Waals surface area contributed by atoms with E-state index in [4.69, 9.17) is 9.47 Å². The van der Waals surface area contributed by atoms with E-state index < -0.39 is 0 Å². The third-order valence-electron chi connectivity index (χ3n) is 3.88. The van der Waals surface area contributed by atoms with Crippen LogP contribution >= 0.6 is 0 Å². The van der Waals surface area contributed by atoms with E-state index in [9.17, 15) is 0 Å². The quantitative estimate of drug-likeness (QED) is 0.694. The first-order chi connectivity index (χ1) is 6.86. The van der Waals surface area contributed by atoms with Crippen LogP contribution in [-0.2, 0) is 9.47 Å². The van der Waals surface area contributed by atoms with Crippen LogP contribution in [0.4, 0.5) is 0 Å². The number of rotatable bonds is 3. The van der Waals surface area contributed by atoms with Crippen molar-refractivity contribution < 1.29 is 9.47 Å². The van der Waals surface area contributed by atoms with Crippen molar-refractivity contribution in [2.24, 2.45) is 11.8 Å². The summed E-state index contributed by atoms with van der Waals surface area (Å²) < 4.78 is 11.5. The molecule has 2 saturated heterocycles. The third-order valence-corrected chi connectivity index (χ3v) is 3.88. The maximum absolute atomic E-state index is 5.76. The van der Waals surface area contributed by atoms with E-state index in [1.807, 2.05) is 0 Å². The summed E-state index contributed by atoms with van der Waals surface area (Å²) >= 11 is 0. The lowest BCUT2D eigenvalue weighted by Crippen LogP contribution is -2.29. The molecule has 4 atom stereocenters. The van der Waals surface area contributed by atoms with Crippen LogP contribution < -0.4 is 0 Å². The maximum Gasteiger partial charge on any atom is 0.0605 e. The normalized spacial score (nSPS) is 43.3. The van der Waals surface area contributed by atoms with Gasteiger partial charge >= 0.3 is 0 Å². The van der Waals surface area contributed by atoms with Crippen molar-refractivity contribution in [2.45, 2.75) is 51.7 Å². The van der Waals surface area contributed by atoms with Gasteiger partial charge in [-0.1, -0.05) is 13.8 Å². The van der Waals surface area contributed by atoms with Crippen molar-refractivity contribution in [1.82, 2.24) is 0 Å². The predicted octanol–water partition coefficient (Wildman–Crippen LogP) is 2.62. The second kappa shape index (κ2) is 4.63. The SMILES string of the molecule is CCC1OCCC1C1CCOC1CC.